The third-order valence-corrected chi connectivity index (χ3v) is 1.94. The van der Waals surface area contributed by atoms with Crippen molar-refractivity contribution in [2.24, 2.45) is 0 Å². The van der Waals surface area contributed by atoms with Crippen LogP contribution in [-0.4, -0.2) is 13.1 Å². The summed E-state index contributed by atoms with van der Waals surface area (Å²) in [5.74, 6) is -0.347. The van der Waals surface area contributed by atoms with Gasteiger partial charge in [0.1, 0.15) is 0 Å². The first-order valence-corrected chi connectivity index (χ1v) is 4.94. The van der Waals surface area contributed by atoms with Crippen LogP contribution in [0.25, 0.3) is 6.08 Å². The Morgan fingerprint density at radius 2 is 1.94 bits per heavy atom. The van der Waals surface area contributed by atoms with Crippen molar-refractivity contribution in [3.8, 4) is 0 Å². The Bertz CT molecular complexity index is 378. The van der Waals surface area contributed by atoms with Crippen molar-refractivity contribution in [1.82, 2.24) is 0 Å². The number of carbonyl (C=O) groups is 1. The number of esters is 1. The highest BCUT2D eigenvalue weighted by atomic mass is 16.5. The van der Waals surface area contributed by atoms with E-state index < -0.39 is 0 Å². The van der Waals surface area contributed by atoms with Gasteiger partial charge >= 0.3 is 5.97 Å². The number of rotatable bonds is 2. The first-order valence-electron chi connectivity index (χ1n) is 4.94. The van der Waals surface area contributed by atoms with E-state index in [1.165, 1.54) is 18.2 Å². The Labute approximate surface area is 97.3 Å². The topological polar surface area (TPSA) is 26.3 Å². The largest absolute Gasteiger partial charge is 0.466 e. The first-order chi connectivity index (χ1) is 7.52. The van der Waals surface area contributed by atoms with Crippen LogP contribution in [0.3, 0.4) is 0 Å². The van der Waals surface area contributed by atoms with Crippen molar-refractivity contribution in [2.45, 2.75) is 13.8 Å². The van der Waals surface area contributed by atoms with Crippen LogP contribution in [0.15, 0.2) is 43.0 Å². The van der Waals surface area contributed by atoms with E-state index in [9.17, 15) is 4.79 Å². The van der Waals surface area contributed by atoms with Gasteiger partial charge in [-0.2, -0.15) is 0 Å². The number of methoxy groups -OCH3 is 1. The summed E-state index contributed by atoms with van der Waals surface area (Å²) in [6.45, 7) is 10.7. The smallest absolute Gasteiger partial charge is 0.332 e. The summed E-state index contributed by atoms with van der Waals surface area (Å²) in [4.78, 5) is 10.2. The fraction of sp³-hybridized carbons (Fsp3) is 0.214. The Hall–Kier alpha value is -1.83. The number of ether oxygens (including phenoxy) is 1. The number of hydrogen-bond donors (Lipinski definition) is 0. The molecular weight excluding hydrogens is 200 g/mol. The van der Waals surface area contributed by atoms with E-state index in [2.05, 4.69) is 37.0 Å². The second-order valence-electron chi connectivity index (χ2n) is 3.33. The third kappa shape index (κ3) is 5.15. The van der Waals surface area contributed by atoms with Crippen LogP contribution in [0.1, 0.15) is 18.1 Å². The Morgan fingerprint density at radius 3 is 2.19 bits per heavy atom. The van der Waals surface area contributed by atoms with E-state index >= 15 is 0 Å². The van der Waals surface area contributed by atoms with Gasteiger partial charge in [-0.05, 0) is 25.0 Å². The van der Waals surface area contributed by atoms with E-state index in [4.69, 9.17) is 0 Å². The van der Waals surface area contributed by atoms with Crippen molar-refractivity contribution in [3.05, 3.63) is 54.1 Å². The molecule has 0 unspecified atom stereocenters. The van der Waals surface area contributed by atoms with Crippen LogP contribution < -0.4 is 0 Å². The Morgan fingerprint density at radius 1 is 1.38 bits per heavy atom. The van der Waals surface area contributed by atoms with Gasteiger partial charge in [-0.1, -0.05) is 43.5 Å². The van der Waals surface area contributed by atoms with Gasteiger partial charge in [0.15, 0.2) is 0 Å². The highest BCUT2D eigenvalue weighted by Gasteiger charge is 1.95. The summed E-state index contributed by atoms with van der Waals surface area (Å²) in [7, 11) is 1.33. The van der Waals surface area contributed by atoms with Gasteiger partial charge < -0.3 is 4.74 Å². The van der Waals surface area contributed by atoms with Crippen molar-refractivity contribution in [3.63, 3.8) is 0 Å². The van der Waals surface area contributed by atoms with Crippen LogP contribution in [0.5, 0.6) is 0 Å². The molecular formula is C14H18O2. The monoisotopic (exact) mass is 218 g/mol. The molecule has 0 saturated heterocycles. The zero-order valence-electron chi connectivity index (χ0n) is 10.1. The molecule has 0 amide bonds. The summed E-state index contributed by atoms with van der Waals surface area (Å²) in [6.07, 6.45) is 1.87. The predicted molar refractivity (Wildman–Crippen MR) is 68.1 cm³/mol. The van der Waals surface area contributed by atoms with Crippen molar-refractivity contribution >= 4 is 12.0 Å². The molecule has 0 aromatic heterocycles. The first kappa shape index (κ1) is 14.2. The van der Waals surface area contributed by atoms with E-state index in [1.54, 1.807) is 6.92 Å². The molecule has 0 aliphatic rings. The maximum Gasteiger partial charge on any atom is 0.332 e. The molecule has 0 aliphatic carbocycles. The maximum absolute atomic E-state index is 10.2. The number of carbonyl (C=O) groups excluding carboxylic acids is 1. The van der Waals surface area contributed by atoms with E-state index in [0.29, 0.717) is 5.57 Å². The van der Waals surface area contributed by atoms with Crippen LogP contribution in [-0.2, 0) is 9.53 Å². The molecule has 2 nitrogen and oxygen atoms in total. The molecule has 0 bridgehead atoms. The summed E-state index contributed by atoms with van der Waals surface area (Å²) in [5, 5.41) is 0. The molecule has 1 aromatic rings. The second-order valence-corrected chi connectivity index (χ2v) is 3.33. The normalized spacial score (nSPS) is 8.44. The summed E-state index contributed by atoms with van der Waals surface area (Å²) >= 11 is 0. The average Bonchev–Trinajstić information content (AvgIpc) is 2.29. The lowest BCUT2D eigenvalue weighted by Crippen LogP contribution is -1.98. The maximum atomic E-state index is 10.2. The molecule has 86 valence electrons. The minimum Gasteiger partial charge on any atom is -0.466 e. The van der Waals surface area contributed by atoms with Gasteiger partial charge in [0, 0.05) is 5.57 Å². The molecule has 0 radical (unpaired) electrons. The van der Waals surface area contributed by atoms with Gasteiger partial charge in [-0.15, -0.1) is 0 Å². The van der Waals surface area contributed by atoms with Gasteiger partial charge in [0.05, 0.1) is 7.11 Å². The molecule has 0 saturated carbocycles. The molecule has 1 aromatic carbocycles. The molecule has 0 N–H and O–H groups in total. The summed E-state index contributed by atoms with van der Waals surface area (Å²) < 4.78 is 4.27. The van der Waals surface area contributed by atoms with Crippen LogP contribution in [0.2, 0.25) is 0 Å². The third-order valence-electron chi connectivity index (χ3n) is 1.94. The second kappa shape index (κ2) is 7.46. The molecule has 0 fully saturated rings. The van der Waals surface area contributed by atoms with Gasteiger partial charge in [-0.3, -0.25) is 0 Å². The predicted octanol–water partition coefficient (Wildman–Crippen LogP) is 3.37. The van der Waals surface area contributed by atoms with Crippen LogP contribution in [0.4, 0.5) is 0 Å². The van der Waals surface area contributed by atoms with Crippen LogP contribution in [0, 0.1) is 6.92 Å². The number of hydrogen-bond acceptors (Lipinski definition) is 2. The molecule has 0 aliphatic heterocycles. The number of aryl methyl sites for hydroxylation is 1. The molecule has 1 rings (SSSR count). The lowest BCUT2D eigenvalue weighted by Gasteiger charge is -1.95. The minimum absolute atomic E-state index is 0.347. The number of benzene rings is 1. The highest BCUT2D eigenvalue weighted by molar-refractivity contribution is 5.86. The van der Waals surface area contributed by atoms with Gasteiger partial charge in [0.2, 0.25) is 0 Å². The summed E-state index contributed by atoms with van der Waals surface area (Å²) in [6, 6.07) is 8.19. The molecule has 2 heteroatoms. The fourth-order valence-electron chi connectivity index (χ4n) is 0.990. The Balaban J connectivity index is 0.000000293. The van der Waals surface area contributed by atoms with Gasteiger partial charge in [0.25, 0.3) is 0 Å². The lowest BCUT2D eigenvalue weighted by molar-refractivity contribution is -0.136. The van der Waals surface area contributed by atoms with E-state index in [0.717, 1.165) is 0 Å². The molecule has 0 heterocycles. The van der Waals surface area contributed by atoms with E-state index in [1.807, 2.05) is 18.2 Å². The molecule has 0 spiro atoms. The lowest BCUT2D eigenvalue weighted by atomic mass is 10.1. The SMILES string of the molecule is C=C(C)C(=O)OC.C=Cc1ccccc1C. The zero-order valence-corrected chi connectivity index (χ0v) is 10.1. The zero-order chi connectivity index (χ0) is 12.6. The average molecular weight is 218 g/mol. The van der Waals surface area contributed by atoms with Crippen molar-refractivity contribution < 1.29 is 9.53 Å². The van der Waals surface area contributed by atoms with Crippen molar-refractivity contribution in [2.75, 3.05) is 7.11 Å². The fourth-order valence-corrected chi connectivity index (χ4v) is 0.990. The quantitative estimate of drug-likeness (QED) is 0.562. The van der Waals surface area contributed by atoms with Crippen molar-refractivity contribution in [1.29, 1.82) is 0 Å². The Kier molecular flexibility index (Phi) is 6.61. The highest BCUT2D eigenvalue weighted by Crippen LogP contribution is 2.06. The van der Waals surface area contributed by atoms with Gasteiger partial charge in [-0.25, -0.2) is 4.79 Å². The summed E-state index contributed by atoms with van der Waals surface area (Å²) in [5.41, 5.74) is 2.94. The minimum atomic E-state index is -0.347. The van der Waals surface area contributed by atoms with E-state index in [-0.39, 0.29) is 5.97 Å². The molecule has 16 heavy (non-hydrogen) atoms. The molecule has 0 atom stereocenters. The standard InChI is InChI=1S/C9H10.C5H8O2/c1-3-9-7-5-4-6-8(9)2;1-4(2)5(6)7-3/h3-7H,1H2,2H3;1H2,2-3H3. The van der Waals surface area contributed by atoms with Crippen LogP contribution >= 0.6 is 0 Å².